The topological polar surface area (TPSA) is 15.3 Å². The molecule has 1 unspecified atom stereocenters. The van der Waals surface area contributed by atoms with Gasteiger partial charge in [0.25, 0.3) is 0 Å². The predicted octanol–water partition coefficient (Wildman–Crippen LogP) is 1.25. The molecule has 1 aliphatic rings. The van der Waals surface area contributed by atoms with Gasteiger partial charge in [0, 0.05) is 19.1 Å². The molecular formula is C10H20N2. The van der Waals surface area contributed by atoms with Crippen molar-refractivity contribution in [3.8, 4) is 0 Å². The van der Waals surface area contributed by atoms with Gasteiger partial charge in [-0.15, -0.1) is 0 Å². The largest absolute Gasteiger partial charge is 0.315 e. The van der Waals surface area contributed by atoms with Gasteiger partial charge in [-0.25, -0.2) is 0 Å². The highest BCUT2D eigenvalue weighted by Gasteiger charge is 2.17. The van der Waals surface area contributed by atoms with Gasteiger partial charge in [-0.3, -0.25) is 4.90 Å². The zero-order valence-electron chi connectivity index (χ0n) is 8.43. The molecule has 0 saturated carbocycles. The van der Waals surface area contributed by atoms with Gasteiger partial charge in [0.15, 0.2) is 0 Å². The molecule has 1 atom stereocenters. The molecule has 1 rings (SSSR count). The average Bonchev–Trinajstić information content (AvgIpc) is 2.51. The zero-order valence-corrected chi connectivity index (χ0v) is 8.43. The van der Waals surface area contributed by atoms with Crippen molar-refractivity contribution < 1.29 is 0 Å². The van der Waals surface area contributed by atoms with E-state index in [4.69, 9.17) is 0 Å². The Bertz CT molecular complexity index is 153. The number of likely N-dealkylation sites (N-methyl/N-ethyl adjacent to an activating group) is 1. The van der Waals surface area contributed by atoms with E-state index in [0.29, 0.717) is 0 Å². The minimum atomic E-state index is 0.751. The fourth-order valence-electron chi connectivity index (χ4n) is 1.49. The second-order valence-electron chi connectivity index (χ2n) is 3.87. The second kappa shape index (κ2) is 4.63. The van der Waals surface area contributed by atoms with E-state index in [9.17, 15) is 0 Å². The zero-order chi connectivity index (χ0) is 8.97. The number of hydrogen-bond donors (Lipinski definition) is 1. The van der Waals surface area contributed by atoms with E-state index in [1.165, 1.54) is 18.5 Å². The van der Waals surface area contributed by atoms with Gasteiger partial charge in [-0.05, 0) is 33.9 Å². The van der Waals surface area contributed by atoms with Gasteiger partial charge in [0.05, 0.1) is 0 Å². The first-order chi connectivity index (χ1) is 5.70. The number of rotatable bonds is 3. The lowest BCUT2D eigenvalue weighted by atomic mass is 10.2. The molecular weight excluding hydrogens is 148 g/mol. The third-order valence-electron chi connectivity index (χ3n) is 2.45. The van der Waals surface area contributed by atoms with Crippen LogP contribution in [-0.4, -0.2) is 37.6 Å². The summed E-state index contributed by atoms with van der Waals surface area (Å²) in [6.07, 6.45) is 3.59. The third-order valence-corrected chi connectivity index (χ3v) is 2.45. The lowest BCUT2D eigenvalue weighted by molar-refractivity contribution is 0.283. The van der Waals surface area contributed by atoms with Crippen LogP contribution in [0.15, 0.2) is 11.6 Å². The lowest BCUT2D eigenvalue weighted by Crippen LogP contribution is -2.33. The van der Waals surface area contributed by atoms with E-state index in [2.05, 4.69) is 37.2 Å². The molecule has 1 saturated heterocycles. The Hall–Kier alpha value is -0.340. The summed E-state index contributed by atoms with van der Waals surface area (Å²) in [5.74, 6) is 0. The summed E-state index contributed by atoms with van der Waals surface area (Å²) in [5, 5.41) is 3.38. The molecule has 1 heterocycles. The van der Waals surface area contributed by atoms with Crippen LogP contribution in [-0.2, 0) is 0 Å². The van der Waals surface area contributed by atoms with Gasteiger partial charge >= 0.3 is 0 Å². The maximum absolute atomic E-state index is 3.38. The Morgan fingerprint density at radius 3 is 2.83 bits per heavy atom. The lowest BCUT2D eigenvalue weighted by Gasteiger charge is -2.21. The van der Waals surface area contributed by atoms with Crippen LogP contribution in [0.2, 0.25) is 0 Å². The molecule has 1 N–H and O–H groups in total. The minimum absolute atomic E-state index is 0.751. The van der Waals surface area contributed by atoms with E-state index >= 15 is 0 Å². The van der Waals surface area contributed by atoms with Crippen molar-refractivity contribution >= 4 is 0 Å². The molecule has 0 aliphatic carbocycles. The molecule has 0 aromatic carbocycles. The molecule has 70 valence electrons. The monoisotopic (exact) mass is 168 g/mol. The van der Waals surface area contributed by atoms with Crippen molar-refractivity contribution in [2.75, 3.05) is 26.7 Å². The molecule has 1 aliphatic heterocycles. The van der Waals surface area contributed by atoms with Gasteiger partial charge in [0.2, 0.25) is 0 Å². The van der Waals surface area contributed by atoms with Gasteiger partial charge in [0.1, 0.15) is 0 Å². The second-order valence-corrected chi connectivity index (χ2v) is 3.87. The smallest absolute Gasteiger partial charge is 0.0232 e. The van der Waals surface area contributed by atoms with E-state index in [1.54, 1.807) is 0 Å². The summed E-state index contributed by atoms with van der Waals surface area (Å²) >= 11 is 0. The highest BCUT2D eigenvalue weighted by Crippen LogP contribution is 2.05. The molecule has 2 heteroatoms. The highest BCUT2D eigenvalue weighted by atomic mass is 15.2. The number of nitrogens with zero attached hydrogens (tertiary/aromatic N) is 1. The van der Waals surface area contributed by atoms with Crippen LogP contribution >= 0.6 is 0 Å². The van der Waals surface area contributed by atoms with Crippen molar-refractivity contribution in [1.82, 2.24) is 10.2 Å². The SMILES string of the molecule is CC(C)=CCN(C)C1CCNC1. The predicted molar refractivity (Wildman–Crippen MR) is 53.3 cm³/mol. The Labute approximate surface area is 75.6 Å². The number of allylic oxidation sites excluding steroid dienone is 1. The molecule has 2 nitrogen and oxygen atoms in total. The van der Waals surface area contributed by atoms with Crippen LogP contribution in [0.4, 0.5) is 0 Å². The van der Waals surface area contributed by atoms with Crippen molar-refractivity contribution in [3.05, 3.63) is 11.6 Å². The molecule has 0 aromatic rings. The summed E-state index contributed by atoms with van der Waals surface area (Å²) in [5.41, 5.74) is 1.41. The fourth-order valence-corrected chi connectivity index (χ4v) is 1.49. The van der Waals surface area contributed by atoms with E-state index in [1.807, 2.05) is 0 Å². The first kappa shape index (κ1) is 9.75. The standard InChI is InChI=1S/C10H20N2/c1-9(2)5-7-12(3)10-4-6-11-8-10/h5,10-11H,4,6-8H2,1-3H3. The van der Waals surface area contributed by atoms with Crippen molar-refractivity contribution in [1.29, 1.82) is 0 Å². The molecule has 1 fully saturated rings. The number of hydrogen-bond acceptors (Lipinski definition) is 2. The van der Waals surface area contributed by atoms with Crippen LogP contribution in [0.25, 0.3) is 0 Å². The third kappa shape index (κ3) is 2.95. The summed E-state index contributed by atoms with van der Waals surface area (Å²) < 4.78 is 0. The molecule has 12 heavy (non-hydrogen) atoms. The van der Waals surface area contributed by atoms with Crippen molar-refractivity contribution in [2.24, 2.45) is 0 Å². The first-order valence-electron chi connectivity index (χ1n) is 4.74. The van der Waals surface area contributed by atoms with Crippen LogP contribution in [0.1, 0.15) is 20.3 Å². The van der Waals surface area contributed by atoms with Crippen LogP contribution in [0.3, 0.4) is 0 Å². The van der Waals surface area contributed by atoms with Gasteiger partial charge < -0.3 is 5.32 Å². The summed E-state index contributed by atoms with van der Waals surface area (Å²) in [6, 6.07) is 0.751. The molecule has 0 bridgehead atoms. The summed E-state index contributed by atoms with van der Waals surface area (Å²) in [7, 11) is 2.21. The van der Waals surface area contributed by atoms with Gasteiger partial charge in [-0.1, -0.05) is 11.6 Å². The number of nitrogens with one attached hydrogen (secondary N) is 1. The highest BCUT2D eigenvalue weighted by molar-refractivity contribution is 4.95. The Morgan fingerprint density at radius 2 is 2.33 bits per heavy atom. The van der Waals surface area contributed by atoms with Crippen LogP contribution < -0.4 is 5.32 Å². The fraction of sp³-hybridized carbons (Fsp3) is 0.800. The molecule has 0 spiro atoms. The van der Waals surface area contributed by atoms with Crippen LogP contribution in [0.5, 0.6) is 0 Å². The Kier molecular flexibility index (Phi) is 3.76. The quantitative estimate of drug-likeness (QED) is 0.638. The van der Waals surface area contributed by atoms with Crippen LogP contribution in [0, 0.1) is 0 Å². The normalized spacial score (nSPS) is 23.2. The average molecular weight is 168 g/mol. The molecule has 0 amide bonds. The van der Waals surface area contributed by atoms with E-state index in [-0.39, 0.29) is 0 Å². The van der Waals surface area contributed by atoms with Crippen molar-refractivity contribution in [2.45, 2.75) is 26.3 Å². The summed E-state index contributed by atoms with van der Waals surface area (Å²) in [4.78, 5) is 2.42. The minimum Gasteiger partial charge on any atom is -0.315 e. The van der Waals surface area contributed by atoms with E-state index < -0.39 is 0 Å². The first-order valence-corrected chi connectivity index (χ1v) is 4.74. The van der Waals surface area contributed by atoms with E-state index in [0.717, 1.165) is 19.1 Å². The maximum Gasteiger partial charge on any atom is 0.0232 e. The molecule has 0 aromatic heterocycles. The summed E-state index contributed by atoms with van der Waals surface area (Å²) in [6.45, 7) is 7.74. The maximum atomic E-state index is 3.38. The Balaban J connectivity index is 2.27. The van der Waals surface area contributed by atoms with Gasteiger partial charge in [-0.2, -0.15) is 0 Å². The van der Waals surface area contributed by atoms with Crippen molar-refractivity contribution in [3.63, 3.8) is 0 Å². The molecule has 0 radical (unpaired) electrons. The Morgan fingerprint density at radius 1 is 1.58 bits per heavy atom.